The molecule has 1 atom stereocenters. The standard InChI is InChI=1S/C27H31N5O3S/c28-26(29)22-11-6-20(7-12-22)16-30-25(34)17-31-27(35)24(15-10-19-8-13-23(33)14-9-19)32-36-18-21-4-2-1-3-5-21/h1-9,11-14,24,32-33H,10,15-18H2,(H3,28,29)(H,30,34)(H,31,35). The summed E-state index contributed by atoms with van der Waals surface area (Å²) in [6, 6.07) is 23.4. The van der Waals surface area contributed by atoms with Gasteiger partial charge in [0.1, 0.15) is 11.6 Å². The number of nitrogens with one attached hydrogen (secondary N) is 4. The largest absolute Gasteiger partial charge is 0.508 e. The number of benzene rings is 3. The lowest BCUT2D eigenvalue weighted by atomic mass is 10.1. The summed E-state index contributed by atoms with van der Waals surface area (Å²) in [6.45, 7) is 0.174. The Morgan fingerprint density at radius 1 is 0.889 bits per heavy atom. The molecule has 3 rings (SSSR count). The Labute approximate surface area is 215 Å². The first-order valence-electron chi connectivity index (χ1n) is 11.6. The highest BCUT2D eigenvalue weighted by Crippen LogP contribution is 2.14. The molecule has 0 bridgehead atoms. The predicted octanol–water partition coefficient (Wildman–Crippen LogP) is 2.85. The third-order valence-corrected chi connectivity index (χ3v) is 6.39. The monoisotopic (exact) mass is 505 g/mol. The fourth-order valence-electron chi connectivity index (χ4n) is 3.37. The molecule has 0 aliphatic carbocycles. The molecule has 8 nitrogen and oxygen atoms in total. The summed E-state index contributed by atoms with van der Waals surface area (Å²) < 4.78 is 3.24. The van der Waals surface area contributed by atoms with Gasteiger partial charge in [-0.15, -0.1) is 0 Å². The van der Waals surface area contributed by atoms with Gasteiger partial charge in [-0.2, -0.15) is 0 Å². The van der Waals surface area contributed by atoms with Gasteiger partial charge in [0.15, 0.2) is 0 Å². The minimum absolute atomic E-state index is 0.0104. The van der Waals surface area contributed by atoms with Crippen molar-refractivity contribution in [2.75, 3.05) is 6.54 Å². The first-order chi connectivity index (χ1) is 17.4. The molecule has 9 heteroatoms. The number of amides is 2. The SMILES string of the molecule is N=C(N)c1ccc(CNC(=O)CNC(=O)C(CCc2ccc(O)cc2)NSCc2ccccc2)cc1. The number of aromatic hydroxyl groups is 1. The van der Waals surface area contributed by atoms with Crippen LogP contribution < -0.4 is 21.1 Å². The topological polar surface area (TPSA) is 140 Å². The molecule has 0 radical (unpaired) electrons. The summed E-state index contributed by atoms with van der Waals surface area (Å²) in [6.07, 6.45) is 1.17. The third-order valence-electron chi connectivity index (χ3n) is 5.46. The van der Waals surface area contributed by atoms with E-state index in [4.69, 9.17) is 11.1 Å². The van der Waals surface area contributed by atoms with Crippen LogP contribution in [-0.2, 0) is 28.3 Å². The second-order valence-corrected chi connectivity index (χ2v) is 9.07. The third kappa shape index (κ3) is 9.09. The molecule has 0 spiro atoms. The van der Waals surface area contributed by atoms with E-state index in [2.05, 4.69) is 15.4 Å². The number of hydrogen-bond acceptors (Lipinski definition) is 6. The smallest absolute Gasteiger partial charge is 0.239 e. The number of aryl methyl sites for hydroxylation is 1. The van der Waals surface area contributed by atoms with Crippen LogP contribution in [-0.4, -0.2) is 35.3 Å². The lowest BCUT2D eigenvalue weighted by molar-refractivity contribution is -0.127. The van der Waals surface area contributed by atoms with Crippen molar-refractivity contribution in [2.24, 2.45) is 5.73 Å². The molecule has 0 saturated carbocycles. The van der Waals surface area contributed by atoms with Gasteiger partial charge in [-0.3, -0.25) is 19.7 Å². The maximum absolute atomic E-state index is 12.9. The van der Waals surface area contributed by atoms with Crippen LogP contribution in [0.4, 0.5) is 0 Å². The van der Waals surface area contributed by atoms with E-state index >= 15 is 0 Å². The molecule has 3 aromatic carbocycles. The normalized spacial score (nSPS) is 11.4. The molecule has 0 fully saturated rings. The second kappa shape index (κ2) is 13.9. The Balaban J connectivity index is 1.49. The summed E-state index contributed by atoms with van der Waals surface area (Å²) in [5.74, 6) is 0.338. The van der Waals surface area contributed by atoms with Crippen LogP contribution in [0.1, 0.15) is 28.7 Å². The molecular weight excluding hydrogens is 474 g/mol. The van der Waals surface area contributed by atoms with Crippen LogP contribution in [0, 0.1) is 5.41 Å². The second-order valence-electron chi connectivity index (χ2n) is 8.25. The average Bonchev–Trinajstić information content (AvgIpc) is 2.89. The van der Waals surface area contributed by atoms with Crippen LogP contribution >= 0.6 is 11.9 Å². The van der Waals surface area contributed by atoms with Crippen molar-refractivity contribution in [1.82, 2.24) is 15.4 Å². The minimum atomic E-state index is -0.501. The highest BCUT2D eigenvalue weighted by atomic mass is 32.2. The molecule has 0 aliphatic rings. The minimum Gasteiger partial charge on any atom is -0.508 e. The van der Waals surface area contributed by atoms with Gasteiger partial charge in [0, 0.05) is 17.9 Å². The zero-order valence-electron chi connectivity index (χ0n) is 19.9. The van der Waals surface area contributed by atoms with Gasteiger partial charge >= 0.3 is 0 Å². The van der Waals surface area contributed by atoms with E-state index in [0.717, 1.165) is 16.7 Å². The molecule has 7 N–H and O–H groups in total. The molecule has 36 heavy (non-hydrogen) atoms. The maximum atomic E-state index is 12.9. The van der Waals surface area contributed by atoms with E-state index in [1.807, 2.05) is 42.5 Å². The van der Waals surface area contributed by atoms with Gasteiger partial charge in [-0.25, -0.2) is 0 Å². The number of rotatable bonds is 13. The van der Waals surface area contributed by atoms with Crippen molar-refractivity contribution >= 4 is 29.6 Å². The Kier molecular flexibility index (Phi) is 10.3. The highest BCUT2D eigenvalue weighted by molar-refractivity contribution is 7.96. The average molecular weight is 506 g/mol. The van der Waals surface area contributed by atoms with Crippen LogP contribution in [0.5, 0.6) is 5.75 Å². The van der Waals surface area contributed by atoms with E-state index in [0.29, 0.717) is 30.7 Å². The van der Waals surface area contributed by atoms with Gasteiger partial charge in [-0.05, 0) is 41.7 Å². The molecule has 0 heterocycles. The van der Waals surface area contributed by atoms with Crippen molar-refractivity contribution in [2.45, 2.75) is 31.2 Å². The summed E-state index contributed by atoms with van der Waals surface area (Å²) in [7, 11) is 0. The Hall–Kier alpha value is -3.82. The fraction of sp³-hybridized carbons (Fsp3) is 0.222. The Morgan fingerprint density at radius 2 is 1.56 bits per heavy atom. The van der Waals surface area contributed by atoms with Crippen molar-refractivity contribution in [3.05, 3.63) is 101 Å². The van der Waals surface area contributed by atoms with Crippen molar-refractivity contribution in [3.8, 4) is 5.75 Å². The molecule has 3 aromatic rings. The van der Waals surface area contributed by atoms with Gasteiger partial charge in [0.05, 0.1) is 12.6 Å². The molecule has 0 aliphatic heterocycles. The first-order valence-corrected chi connectivity index (χ1v) is 12.6. The molecule has 1 unspecified atom stereocenters. The summed E-state index contributed by atoms with van der Waals surface area (Å²) in [5.41, 5.74) is 9.09. The van der Waals surface area contributed by atoms with Gasteiger partial charge < -0.3 is 21.5 Å². The number of phenolic OH excluding ortho intramolecular Hbond substituents is 1. The Bertz CT molecular complexity index is 1140. The van der Waals surface area contributed by atoms with Crippen LogP contribution in [0.3, 0.4) is 0 Å². The van der Waals surface area contributed by atoms with Gasteiger partial charge in [0.2, 0.25) is 11.8 Å². The number of nitrogens with two attached hydrogens (primary N) is 1. The van der Waals surface area contributed by atoms with E-state index in [9.17, 15) is 14.7 Å². The van der Waals surface area contributed by atoms with Crippen molar-refractivity contribution in [3.63, 3.8) is 0 Å². The lowest BCUT2D eigenvalue weighted by Crippen LogP contribution is -2.45. The highest BCUT2D eigenvalue weighted by Gasteiger charge is 2.19. The number of phenols is 1. The first kappa shape index (κ1) is 26.8. The Morgan fingerprint density at radius 3 is 2.22 bits per heavy atom. The van der Waals surface area contributed by atoms with Crippen molar-refractivity contribution < 1.29 is 14.7 Å². The van der Waals surface area contributed by atoms with E-state index < -0.39 is 6.04 Å². The van der Waals surface area contributed by atoms with E-state index in [1.165, 1.54) is 11.9 Å². The molecule has 188 valence electrons. The summed E-state index contributed by atoms with van der Waals surface area (Å²) in [4.78, 5) is 25.2. The van der Waals surface area contributed by atoms with Crippen molar-refractivity contribution in [1.29, 1.82) is 5.41 Å². The van der Waals surface area contributed by atoms with Crippen LogP contribution in [0.25, 0.3) is 0 Å². The maximum Gasteiger partial charge on any atom is 0.239 e. The zero-order chi connectivity index (χ0) is 25.8. The number of hydrogen-bond donors (Lipinski definition) is 6. The summed E-state index contributed by atoms with van der Waals surface area (Å²) in [5, 5.41) is 22.4. The number of nitrogen functional groups attached to an aromatic ring is 1. The lowest BCUT2D eigenvalue weighted by Gasteiger charge is -2.18. The number of amidine groups is 1. The van der Waals surface area contributed by atoms with Gasteiger partial charge in [-0.1, -0.05) is 78.7 Å². The summed E-state index contributed by atoms with van der Waals surface area (Å²) >= 11 is 1.45. The van der Waals surface area contributed by atoms with Gasteiger partial charge in [0.25, 0.3) is 0 Å². The number of carbonyl (C=O) groups is 2. The van der Waals surface area contributed by atoms with E-state index in [-0.39, 0.29) is 29.9 Å². The van der Waals surface area contributed by atoms with E-state index in [1.54, 1.807) is 36.4 Å². The quantitative estimate of drug-likeness (QED) is 0.120. The fourth-order valence-corrected chi connectivity index (χ4v) is 4.24. The zero-order valence-corrected chi connectivity index (χ0v) is 20.7. The van der Waals surface area contributed by atoms with Crippen LogP contribution in [0.2, 0.25) is 0 Å². The van der Waals surface area contributed by atoms with Crippen LogP contribution in [0.15, 0.2) is 78.9 Å². The number of carbonyl (C=O) groups excluding carboxylic acids is 2. The molecule has 0 saturated heterocycles. The predicted molar refractivity (Wildman–Crippen MR) is 143 cm³/mol. The molecule has 2 amide bonds. The molecular formula is C27H31N5O3S. The molecule has 0 aromatic heterocycles.